The van der Waals surface area contributed by atoms with Crippen LogP contribution in [0.1, 0.15) is 31.9 Å². The minimum Gasteiger partial charge on any atom is -0.456 e. The second-order valence-corrected chi connectivity index (χ2v) is 9.66. The first-order valence-corrected chi connectivity index (χ1v) is 11.1. The van der Waals surface area contributed by atoms with Crippen molar-refractivity contribution in [2.24, 2.45) is 0 Å². The van der Waals surface area contributed by atoms with Crippen LogP contribution in [0, 0.1) is 6.92 Å². The van der Waals surface area contributed by atoms with Crippen LogP contribution in [0.15, 0.2) is 65.5 Å². The minimum absolute atomic E-state index is 0.0866. The molecule has 0 unspecified atom stereocenters. The van der Waals surface area contributed by atoms with Gasteiger partial charge in [0.05, 0.1) is 29.4 Å². The number of halogens is 1. The Bertz CT molecular complexity index is 1290. The van der Waals surface area contributed by atoms with Gasteiger partial charge in [-0.3, -0.25) is 14.5 Å². The molecule has 1 N–H and O–H groups in total. The molecule has 0 saturated heterocycles. The van der Waals surface area contributed by atoms with E-state index in [1.165, 1.54) is 0 Å². The van der Waals surface area contributed by atoms with E-state index in [4.69, 9.17) is 4.74 Å². The molecule has 0 fully saturated rings. The fraction of sp³-hybridized carbons (Fsp3) is 0.240. The van der Waals surface area contributed by atoms with Gasteiger partial charge in [-0.2, -0.15) is 5.10 Å². The summed E-state index contributed by atoms with van der Waals surface area (Å²) < 4.78 is 9.00. The lowest BCUT2D eigenvalue weighted by Gasteiger charge is -2.18. The van der Waals surface area contributed by atoms with Crippen LogP contribution in [0.25, 0.3) is 10.9 Å². The number of aryl methyl sites for hydroxylation is 1. The van der Waals surface area contributed by atoms with Crippen molar-refractivity contribution in [1.29, 1.82) is 0 Å². The third kappa shape index (κ3) is 4.99. The number of fused-ring (bicyclic) bond motifs is 1. The van der Waals surface area contributed by atoms with Crippen LogP contribution >= 0.6 is 15.9 Å². The van der Waals surface area contributed by atoms with Gasteiger partial charge in [0.15, 0.2) is 0 Å². The van der Waals surface area contributed by atoms with Crippen molar-refractivity contribution < 1.29 is 9.53 Å². The zero-order valence-electron chi connectivity index (χ0n) is 18.5. The van der Waals surface area contributed by atoms with E-state index >= 15 is 0 Å². The average Bonchev–Trinajstić information content (AvgIpc) is 3.19. The normalized spacial score (nSPS) is 11.5. The topological polar surface area (TPSA) is 69.0 Å². The van der Waals surface area contributed by atoms with Gasteiger partial charge in [0, 0.05) is 22.3 Å². The lowest BCUT2D eigenvalue weighted by molar-refractivity contribution is -0.115. The van der Waals surface area contributed by atoms with E-state index < -0.39 is 0 Å². The Morgan fingerprint density at radius 3 is 2.66 bits per heavy atom. The summed E-state index contributed by atoms with van der Waals surface area (Å²) in [5.41, 5.74) is 3.30. The first-order valence-electron chi connectivity index (χ1n) is 10.4. The Balaban J connectivity index is 1.46. The van der Waals surface area contributed by atoms with Crippen molar-refractivity contribution in [3.63, 3.8) is 0 Å². The van der Waals surface area contributed by atoms with Gasteiger partial charge in [0.1, 0.15) is 11.5 Å². The van der Waals surface area contributed by atoms with E-state index in [9.17, 15) is 4.79 Å². The zero-order valence-corrected chi connectivity index (χ0v) is 20.1. The van der Waals surface area contributed by atoms with E-state index in [0.29, 0.717) is 5.69 Å². The molecule has 2 aromatic carbocycles. The fourth-order valence-electron chi connectivity index (χ4n) is 3.38. The van der Waals surface area contributed by atoms with Gasteiger partial charge in [-0.15, -0.1) is 0 Å². The Morgan fingerprint density at radius 2 is 1.94 bits per heavy atom. The van der Waals surface area contributed by atoms with E-state index in [2.05, 4.69) is 52.1 Å². The number of rotatable bonds is 5. The Kier molecular flexibility index (Phi) is 6.02. The molecule has 0 aliphatic carbocycles. The summed E-state index contributed by atoms with van der Waals surface area (Å²) in [4.78, 5) is 16.9. The van der Waals surface area contributed by atoms with E-state index in [0.717, 1.165) is 38.0 Å². The highest BCUT2D eigenvalue weighted by Gasteiger charge is 2.15. The number of nitrogens with zero attached hydrogens (tertiary/aromatic N) is 3. The summed E-state index contributed by atoms with van der Waals surface area (Å²) >= 11 is 3.51. The summed E-state index contributed by atoms with van der Waals surface area (Å²) in [6.07, 6.45) is 5.52. The number of benzene rings is 2. The summed E-state index contributed by atoms with van der Waals surface area (Å²) in [6, 6.07) is 13.6. The third-order valence-corrected chi connectivity index (χ3v) is 5.53. The van der Waals surface area contributed by atoms with Gasteiger partial charge in [0.25, 0.3) is 0 Å². The number of carbonyl (C=O) groups is 1. The second kappa shape index (κ2) is 8.74. The molecule has 0 aliphatic heterocycles. The molecule has 0 spiro atoms. The quantitative estimate of drug-likeness (QED) is 0.358. The van der Waals surface area contributed by atoms with Crippen molar-refractivity contribution in [3.05, 3.63) is 76.7 Å². The lowest BCUT2D eigenvalue weighted by atomic mass is 10.1. The van der Waals surface area contributed by atoms with E-state index in [-0.39, 0.29) is 17.9 Å². The molecule has 32 heavy (non-hydrogen) atoms. The summed E-state index contributed by atoms with van der Waals surface area (Å²) in [7, 11) is 0. The largest absolute Gasteiger partial charge is 0.456 e. The number of nitrogens with one attached hydrogen (secondary N) is 1. The van der Waals surface area contributed by atoms with Crippen molar-refractivity contribution in [1.82, 2.24) is 14.8 Å². The van der Waals surface area contributed by atoms with Crippen LogP contribution in [0.2, 0.25) is 0 Å². The molecule has 4 rings (SSSR count). The third-order valence-electron chi connectivity index (χ3n) is 5.04. The van der Waals surface area contributed by atoms with Gasteiger partial charge in [-0.05, 0) is 69.2 Å². The highest BCUT2D eigenvalue weighted by molar-refractivity contribution is 9.10. The van der Waals surface area contributed by atoms with Crippen molar-refractivity contribution in [3.8, 4) is 11.5 Å². The zero-order chi connectivity index (χ0) is 22.9. The predicted octanol–water partition coefficient (Wildman–Crippen LogP) is 6.23. The maximum absolute atomic E-state index is 12.5. The summed E-state index contributed by atoms with van der Waals surface area (Å²) in [5, 5.41) is 8.17. The van der Waals surface area contributed by atoms with Crippen LogP contribution < -0.4 is 10.1 Å². The number of carbonyl (C=O) groups excluding carboxylic acids is 1. The molecule has 0 bridgehead atoms. The summed E-state index contributed by atoms with van der Waals surface area (Å²) in [6.45, 7) is 8.16. The smallest absolute Gasteiger partial charge is 0.228 e. The highest BCUT2D eigenvalue weighted by atomic mass is 79.9. The molecule has 0 aliphatic rings. The maximum Gasteiger partial charge on any atom is 0.228 e. The van der Waals surface area contributed by atoms with Crippen LogP contribution in [0.5, 0.6) is 11.5 Å². The molecule has 0 saturated carbocycles. The predicted molar refractivity (Wildman–Crippen MR) is 130 cm³/mol. The molecular weight excluding hydrogens is 468 g/mol. The molecule has 164 valence electrons. The van der Waals surface area contributed by atoms with Crippen molar-refractivity contribution in [2.45, 2.75) is 39.7 Å². The van der Waals surface area contributed by atoms with Crippen LogP contribution in [-0.2, 0) is 16.8 Å². The summed E-state index contributed by atoms with van der Waals surface area (Å²) in [5.74, 6) is 1.39. The van der Waals surface area contributed by atoms with Crippen molar-refractivity contribution >= 4 is 38.4 Å². The standard InChI is InChI=1S/C25H25BrN4O2/c1-16-11-17(12-24(31)29-19-14-28-30(15-19)25(2,3)4)5-8-22(16)32-23-9-10-27-21-7-6-18(26)13-20(21)23/h5-11,13-15H,12H2,1-4H3,(H,29,31). The first-order chi connectivity index (χ1) is 15.2. The molecule has 1 amide bonds. The molecule has 6 nitrogen and oxygen atoms in total. The molecule has 2 aromatic heterocycles. The molecular formula is C25H25BrN4O2. The average molecular weight is 493 g/mol. The molecule has 0 radical (unpaired) electrons. The Hall–Kier alpha value is -3.19. The molecule has 4 aromatic rings. The number of anilines is 1. The second-order valence-electron chi connectivity index (χ2n) is 8.74. The van der Waals surface area contributed by atoms with Gasteiger partial charge >= 0.3 is 0 Å². The lowest BCUT2D eigenvalue weighted by Crippen LogP contribution is -2.22. The maximum atomic E-state index is 12.5. The first kappa shape index (κ1) is 22.0. The molecule has 2 heterocycles. The number of amides is 1. The molecule has 7 heteroatoms. The molecule has 0 atom stereocenters. The number of hydrogen-bond acceptors (Lipinski definition) is 4. The van der Waals surface area contributed by atoms with Gasteiger partial charge in [-0.25, -0.2) is 0 Å². The SMILES string of the molecule is Cc1cc(CC(=O)Nc2cnn(C(C)(C)C)c2)ccc1Oc1ccnc2ccc(Br)cc12. The Morgan fingerprint density at radius 1 is 1.12 bits per heavy atom. The van der Waals surface area contributed by atoms with E-state index in [1.807, 2.05) is 60.3 Å². The van der Waals surface area contributed by atoms with Gasteiger partial charge in [0.2, 0.25) is 5.91 Å². The number of ether oxygens (including phenoxy) is 1. The number of hydrogen-bond donors (Lipinski definition) is 1. The minimum atomic E-state index is -0.133. The number of aromatic nitrogens is 3. The Labute approximate surface area is 195 Å². The fourth-order valence-corrected chi connectivity index (χ4v) is 3.74. The monoisotopic (exact) mass is 492 g/mol. The highest BCUT2D eigenvalue weighted by Crippen LogP contribution is 2.32. The van der Waals surface area contributed by atoms with Crippen molar-refractivity contribution in [2.75, 3.05) is 5.32 Å². The van der Waals surface area contributed by atoms with Crippen LogP contribution in [0.3, 0.4) is 0 Å². The van der Waals surface area contributed by atoms with Gasteiger partial charge < -0.3 is 10.1 Å². The van der Waals surface area contributed by atoms with E-state index in [1.54, 1.807) is 12.4 Å². The van der Waals surface area contributed by atoms with Crippen LogP contribution in [0.4, 0.5) is 5.69 Å². The van der Waals surface area contributed by atoms with Gasteiger partial charge in [-0.1, -0.05) is 28.1 Å². The number of pyridine rings is 1. The van der Waals surface area contributed by atoms with Crippen LogP contribution in [-0.4, -0.2) is 20.7 Å².